The first-order chi connectivity index (χ1) is 12.8. The maximum Gasteiger partial charge on any atom is 0.570 e. The van der Waals surface area contributed by atoms with E-state index in [0.717, 1.165) is 33.6 Å². The largest absolute Gasteiger partial charge is 0.570 e. The molecule has 1 heterocycles. The van der Waals surface area contributed by atoms with E-state index in [1.54, 1.807) is 24.3 Å². The molecule has 1 aromatic heterocycles. The molecule has 0 spiro atoms. The third-order valence-corrected chi connectivity index (χ3v) is 7.22. The Balaban J connectivity index is 1.82. The first-order valence-corrected chi connectivity index (χ1v) is 10.9. The summed E-state index contributed by atoms with van der Waals surface area (Å²) in [5, 5.41) is 11.4. The average Bonchev–Trinajstić information content (AvgIpc) is 3.06. The molecule has 0 amide bonds. The summed E-state index contributed by atoms with van der Waals surface area (Å²) in [4.78, 5) is 19.5. The van der Waals surface area contributed by atoms with Gasteiger partial charge in [-0.1, -0.05) is 18.2 Å². The number of sulfonamides is 1. The number of nitrogens with zero attached hydrogens (tertiary/aromatic N) is 1. The van der Waals surface area contributed by atoms with Gasteiger partial charge in [0, 0.05) is 16.8 Å². The van der Waals surface area contributed by atoms with Crippen molar-refractivity contribution in [2.24, 2.45) is 0 Å². The zero-order chi connectivity index (χ0) is 19.6. The molecule has 3 rings (SSSR count). The van der Waals surface area contributed by atoms with Gasteiger partial charge in [0.05, 0.1) is 4.92 Å². The number of non-ortho nitro benzene ring substituents is 1. The van der Waals surface area contributed by atoms with Crippen molar-refractivity contribution in [2.75, 3.05) is 0 Å². The minimum absolute atomic E-state index is 0.00189. The molecule has 3 aromatic rings. The van der Waals surface area contributed by atoms with Crippen molar-refractivity contribution < 1.29 is 27.5 Å². The molecule has 9 nitrogen and oxygen atoms in total. The van der Waals surface area contributed by atoms with Gasteiger partial charge in [0.25, 0.3) is 15.7 Å². The van der Waals surface area contributed by atoms with Crippen molar-refractivity contribution in [2.45, 2.75) is 10.2 Å². The van der Waals surface area contributed by atoms with Crippen LogP contribution in [0.25, 0.3) is 10.1 Å². The highest BCUT2D eigenvalue weighted by Gasteiger charge is 2.37. The SMILES string of the molecule is O=[N+]([O-])c1ccc(OC(NS(=O)(=O)c2cc3ccccc3s2)[P+](=O)O)cc1. The molecule has 0 saturated heterocycles. The lowest BCUT2D eigenvalue weighted by Gasteiger charge is -2.10. The molecular weight excluding hydrogens is 415 g/mol. The lowest BCUT2D eigenvalue weighted by Crippen LogP contribution is -2.36. The van der Waals surface area contributed by atoms with Gasteiger partial charge in [-0.2, -0.15) is 4.89 Å². The van der Waals surface area contributed by atoms with Gasteiger partial charge in [-0.25, -0.2) is 8.42 Å². The molecule has 2 unspecified atom stereocenters. The second-order valence-electron chi connectivity index (χ2n) is 5.25. The summed E-state index contributed by atoms with van der Waals surface area (Å²) >= 11 is 1.01. The Morgan fingerprint density at radius 3 is 2.44 bits per heavy atom. The number of ether oxygens (including phenoxy) is 1. The number of hydrogen-bond donors (Lipinski definition) is 2. The Hall–Kier alpha value is -2.43. The number of hydrogen-bond acceptors (Lipinski definition) is 7. The summed E-state index contributed by atoms with van der Waals surface area (Å²) in [6, 6.07) is 13.2. The smallest absolute Gasteiger partial charge is 0.432 e. The minimum Gasteiger partial charge on any atom is -0.432 e. The Labute approximate surface area is 158 Å². The fourth-order valence-corrected chi connectivity index (χ4v) is 5.52. The molecule has 0 aliphatic carbocycles. The highest BCUT2D eigenvalue weighted by molar-refractivity contribution is 7.92. The zero-order valence-electron chi connectivity index (χ0n) is 13.4. The van der Waals surface area contributed by atoms with Crippen molar-refractivity contribution in [1.29, 1.82) is 0 Å². The lowest BCUT2D eigenvalue weighted by atomic mass is 10.3. The van der Waals surface area contributed by atoms with Crippen LogP contribution in [0.3, 0.4) is 0 Å². The summed E-state index contributed by atoms with van der Waals surface area (Å²) in [6.45, 7) is 0. The Morgan fingerprint density at radius 1 is 1.19 bits per heavy atom. The van der Waals surface area contributed by atoms with Gasteiger partial charge in [-0.05, 0) is 34.2 Å². The lowest BCUT2D eigenvalue weighted by molar-refractivity contribution is -0.384. The van der Waals surface area contributed by atoms with Crippen LogP contribution in [0.4, 0.5) is 5.69 Å². The van der Waals surface area contributed by atoms with Crippen molar-refractivity contribution in [3.05, 3.63) is 64.7 Å². The fourth-order valence-electron chi connectivity index (χ4n) is 2.17. The highest BCUT2D eigenvalue weighted by Crippen LogP contribution is 2.31. The van der Waals surface area contributed by atoms with Gasteiger partial charge >= 0.3 is 14.0 Å². The standard InChI is InChI=1S/C15H11N2O7PS2/c18-17(19)11-5-7-12(8-6-11)24-15(25(20)21)16-27(22,23)14-9-10-3-1-2-4-13(10)26-14/h1-9,15-16H/p+1. The van der Waals surface area contributed by atoms with Gasteiger partial charge in [0.2, 0.25) is 0 Å². The number of thiophene rings is 1. The molecule has 0 aliphatic heterocycles. The normalized spacial score (nSPS) is 13.3. The van der Waals surface area contributed by atoms with Crippen LogP contribution >= 0.6 is 19.4 Å². The van der Waals surface area contributed by atoms with E-state index < -0.39 is 28.9 Å². The first kappa shape index (κ1) is 19.3. The van der Waals surface area contributed by atoms with E-state index >= 15 is 0 Å². The number of rotatable bonds is 7. The molecule has 0 radical (unpaired) electrons. The molecular formula is C15H12N2O7PS2+. The molecule has 0 aliphatic rings. The molecule has 12 heteroatoms. The molecule has 2 atom stereocenters. The monoisotopic (exact) mass is 427 g/mol. The second kappa shape index (κ2) is 7.67. The highest BCUT2D eigenvalue weighted by atomic mass is 32.2. The van der Waals surface area contributed by atoms with Crippen LogP contribution in [0.15, 0.2) is 58.8 Å². The number of nitro groups is 1. The van der Waals surface area contributed by atoms with E-state index in [1.807, 2.05) is 4.72 Å². The van der Waals surface area contributed by atoms with Gasteiger partial charge in [-0.15, -0.1) is 16.1 Å². The van der Waals surface area contributed by atoms with Gasteiger partial charge in [0.1, 0.15) is 9.96 Å². The van der Waals surface area contributed by atoms with Crippen LogP contribution in [-0.2, 0) is 14.6 Å². The maximum absolute atomic E-state index is 12.5. The molecule has 0 bridgehead atoms. The maximum atomic E-state index is 12.5. The number of nitrogens with one attached hydrogen (secondary N) is 1. The Morgan fingerprint density at radius 2 is 1.85 bits per heavy atom. The van der Waals surface area contributed by atoms with E-state index in [9.17, 15) is 28.0 Å². The Bertz CT molecular complexity index is 1080. The first-order valence-electron chi connectivity index (χ1n) is 7.33. The predicted octanol–water partition coefficient (Wildman–Crippen LogP) is 3.19. The summed E-state index contributed by atoms with van der Waals surface area (Å²) in [5.41, 5.74) is -0.196. The van der Waals surface area contributed by atoms with Crippen LogP contribution < -0.4 is 9.46 Å². The minimum atomic E-state index is -4.12. The molecule has 27 heavy (non-hydrogen) atoms. The fraction of sp³-hybridized carbons (Fsp3) is 0.0667. The van der Waals surface area contributed by atoms with Crippen LogP contribution in [0.5, 0.6) is 5.75 Å². The summed E-state index contributed by atoms with van der Waals surface area (Å²) in [5.74, 6) is -1.75. The van der Waals surface area contributed by atoms with Crippen LogP contribution in [0.2, 0.25) is 0 Å². The van der Waals surface area contributed by atoms with Gasteiger partial charge in [-0.3, -0.25) is 10.1 Å². The summed E-state index contributed by atoms with van der Waals surface area (Å²) < 4.78 is 44.6. The van der Waals surface area contributed by atoms with Gasteiger partial charge in [0.15, 0.2) is 0 Å². The van der Waals surface area contributed by atoms with E-state index in [-0.39, 0.29) is 15.6 Å². The molecule has 0 saturated carbocycles. The quantitative estimate of drug-likeness (QED) is 0.256. The molecule has 2 N–H and O–H groups in total. The van der Waals surface area contributed by atoms with Crippen LogP contribution in [-0.4, -0.2) is 24.2 Å². The summed E-state index contributed by atoms with van der Waals surface area (Å²) in [7, 11) is -7.19. The second-order valence-corrected chi connectivity index (χ2v) is 9.35. The van der Waals surface area contributed by atoms with Crippen molar-refractivity contribution in [1.82, 2.24) is 4.72 Å². The Kier molecular flexibility index (Phi) is 5.49. The van der Waals surface area contributed by atoms with E-state index in [4.69, 9.17) is 4.74 Å². The van der Waals surface area contributed by atoms with Crippen LogP contribution in [0.1, 0.15) is 0 Å². The van der Waals surface area contributed by atoms with Crippen molar-refractivity contribution in [3.8, 4) is 5.75 Å². The summed E-state index contributed by atoms with van der Waals surface area (Å²) in [6.07, 6.45) is 0. The third-order valence-electron chi connectivity index (χ3n) is 3.42. The zero-order valence-corrected chi connectivity index (χ0v) is 15.9. The molecule has 140 valence electrons. The topological polar surface area (TPSA) is 136 Å². The van der Waals surface area contributed by atoms with Gasteiger partial charge < -0.3 is 4.74 Å². The van der Waals surface area contributed by atoms with E-state index in [0.29, 0.717) is 0 Å². The predicted molar refractivity (Wildman–Crippen MR) is 99.5 cm³/mol. The third kappa shape index (κ3) is 4.46. The van der Waals surface area contributed by atoms with E-state index in [1.165, 1.54) is 18.2 Å². The van der Waals surface area contributed by atoms with Crippen LogP contribution in [0, 0.1) is 10.1 Å². The van der Waals surface area contributed by atoms with Crippen molar-refractivity contribution >= 4 is 45.2 Å². The molecule has 2 aromatic carbocycles. The number of fused-ring (bicyclic) bond motifs is 1. The number of nitro benzene ring substituents is 1. The van der Waals surface area contributed by atoms with E-state index in [2.05, 4.69) is 0 Å². The number of benzene rings is 2. The average molecular weight is 427 g/mol. The molecule has 0 fully saturated rings. The van der Waals surface area contributed by atoms with Crippen molar-refractivity contribution in [3.63, 3.8) is 0 Å².